The minimum absolute atomic E-state index is 0. The second kappa shape index (κ2) is 9.88. The molecule has 4 nitrogen and oxygen atoms in total. The topological polar surface area (TPSA) is 63.1 Å². The molecule has 5 rings (SSSR count). The van der Waals surface area contributed by atoms with Crippen LogP contribution in [0.2, 0.25) is 0 Å². The van der Waals surface area contributed by atoms with E-state index in [2.05, 4.69) is 28.2 Å². The van der Waals surface area contributed by atoms with Crippen molar-refractivity contribution in [3.05, 3.63) is 109 Å². The first-order chi connectivity index (χ1) is 14.2. The summed E-state index contributed by atoms with van der Waals surface area (Å²) in [6.07, 6.45) is 1.85. The maximum absolute atomic E-state index is 10.6. The maximum Gasteiger partial charge on any atom is 0.354 e. The molecule has 0 aliphatic carbocycles. The minimum atomic E-state index is -0.995. The molecule has 149 valence electrons. The zero-order valence-electron chi connectivity index (χ0n) is 15.8. The summed E-state index contributed by atoms with van der Waals surface area (Å²) in [5, 5.41) is 12.0. The van der Waals surface area contributed by atoms with Crippen LogP contribution in [0, 0.1) is 6.07 Å². The van der Waals surface area contributed by atoms with Gasteiger partial charge in [-0.3, -0.25) is 0 Å². The average Bonchev–Trinajstić information content (AvgIpc) is 2.79. The number of carboxylic acid groups (broad SMARTS) is 1. The van der Waals surface area contributed by atoms with Crippen molar-refractivity contribution in [2.45, 2.75) is 0 Å². The van der Waals surface area contributed by atoms with Gasteiger partial charge in [0.25, 0.3) is 0 Å². The van der Waals surface area contributed by atoms with Gasteiger partial charge in [0.05, 0.1) is 5.52 Å². The fourth-order valence-corrected chi connectivity index (χ4v) is 3.06. The first-order valence-corrected chi connectivity index (χ1v) is 9.12. The van der Waals surface area contributed by atoms with Gasteiger partial charge in [0.1, 0.15) is 5.69 Å². The van der Waals surface area contributed by atoms with E-state index in [1.54, 1.807) is 12.1 Å². The summed E-state index contributed by atoms with van der Waals surface area (Å²) in [6.45, 7) is 0. The molecule has 0 aliphatic rings. The number of nitrogens with zero attached hydrogens (tertiary/aromatic N) is 2. The average molecular weight is 570 g/mol. The number of rotatable bonds is 2. The van der Waals surface area contributed by atoms with Crippen molar-refractivity contribution in [3.63, 3.8) is 0 Å². The number of hydrogen-bond acceptors (Lipinski definition) is 3. The Labute approximate surface area is 187 Å². The Morgan fingerprint density at radius 1 is 0.800 bits per heavy atom. The second-order valence-electron chi connectivity index (χ2n) is 6.35. The van der Waals surface area contributed by atoms with Gasteiger partial charge < -0.3 is 10.1 Å². The first-order valence-electron chi connectivity index (χ1n) is 9.12. The Morgan fingerprint density at radius 3 is 2.30 bits per heavy atom. The predicted octanol–water partition coefficient (Wildman–Crippen LogP) is 5.63. The molecule has 0 spiro atoms. The van der Waals surface area contributed by atoms with E-state index in [-0.39, 0.29) is 25.8 Å². The molecule has 0 saturated heterocycles. The third-order valence-corrected chi connectivity index (χ3v) is 4.46. The van der Waals surface area contributed by atoms with Crippen LogP contribution in [0.1, 0.15) is 10.5 Å². The van der Waals surface area contributed by atoms with Gasteiger partial charge >= 0.3 is 5.97 Å². The van der Waals surface area contributed by atoms with Crippen molar-refractivity contribution in [2.75, 3.05) is 0 Å². The van der Waals surface area contributed by atoms with Crippen molar-refractivity contribution in [1.29, 1.82) is 0 Å². The van der Waals surface area contributed by atoms with Gasteiger partial charge in [-0.05, 0) is 34.7 Å². The van der Waals surface area contributed by atoms with Crippen LogP contribution in [0.5, 0.6) is 0 Å². The third kappa shape index (κ3) is 4.77. The summed E-state index contributed by atoms with van der Waals surface area (Å²) in [4.78, 5) is 19.0. The van der Waals surface area contributed by atoms with Crippen molar-refractivity contribution < 1.29 is 30.0 Å². The van der Waals surface area contributed by atoms with E-state index in [4.69, 9.17) is 5.11 Å². The van der Waals surface area contributed by atoms with Crippen LogP contribution in [-0.4, -0.2) is 21.0 Å². The molecule has 1 radical (unpaired) electrons. The third-order valence-electron chi connectivity index (χ3n) is 4.46. The van der Waals surface area contributed by atoms with E-state index in [9.17, 15) is 4.79 Å². The van der Waals surface area contributed by atoms with E-state index >= 15 is 0 Å². The molecular weight excluding hydrogens is 553 g/mol. The molecule has 5 heteroatoms. The molecule has 30 heavy (non-hydrogen) atoms. The van der Waals surface area contributed by atoms with E-state index < -0.39 is 5.97 Å². The number of pyridine rings is 2. The van der Waals surface area contributed by atoms with Gasteiger partial charge in [0.15, 0.2) is 0 Å². The van der Waals surface area contributed by atoms with Crippen molar-refractivity contribution in [1.82, 2.24) is 9.97 Å². The van der Waals surface area contributed by atoms with Crippen LogP contribution in [0.4, 0.5) is 0 Å². The van der Waals surface area contributed by atoms with Crippen LogP contribution in [0.3, 0.4) is 0 Å². The van der Waals surface area contributed by atoms with Gasteiger partial charge in [-0.2, -0.15) is 0 Å². The van der Waals surface area contributed by atoms with Crippen LogP contribution in [-0.2, 0) is 20.1 Å². The number of aromatic nitrogens is 2. The van der Waals surface area contributed by atoms with E-state index in [1.165, 1.54) is 16.8 Å². The molecule has 0 fully saturated rings. The summed E-state index contributed by atoms with van der Waals surface area (Å²) in [5.41, 5.74) is 2.83. The maximum atomic E-state index is 10.6. The summed E-state index contributed by atoms with van der Waals surface area (Å²) >= 11 is 0. The molecule has 0 unspecified atom stereocenters. The molecule has 3 aromatic carbocycles. The van der Waals surface area contributed by atoms with Gasteiger partial charge in [0, 0.05) is 31.7 Å². The zero-order chi connectivity index (χ0) is 20.1. The van der Waals surface area contributed by atoms with Gasteiger partial charge in [0.2, 0.25) is 0 Å². The summed E-state index contributed by atoms with van der Waals surface area (Å²) in [6, 6.07) is 32.1. The smallest absolute Gasteiger partial charge is 0.354 e. The Balaban J connectivity index is 0.000000169. The van der Waals surface area contributed by atoms with E-state index in [1.807, 2.05) is 66.9 Å². The molecule has 0 amide bonds. The SMILES string of the molecule is O=C(O)c1ccc2ccccc2n1.[Ir].[c-]1ccccc1-c1nccc2ccccc12. The number of fused-ring (bicyclic) bond motifs is 2. The van der Waals surface area contributed by atoms with Crippen LogP contribution < -0.4 is 0 Å². The largest absolute Gasteiger partial charge is 0.477 e. The van der Waals surface area contributed by atoms with E-state index in [0.717, 1.165) is 16.6 Å². The van der Waals surface area contributed by atoms with Crippen LogP contribution in [0.15, 0.2) is 97.2 Å². The Kier molecular flexibility index (Phi) is 7.02. The zero-order valence-corrected chi connectivity index (χ0v) is 18.2. The van der Waals surface area contributed by atoms with Crippen molar-refractivity contribution in [3.8, 4) is 11.3 Å². The van der Waals surface area contributed by atoms with E-state index in [0.29, 0.717) is 5.52 Å². The number of hydrogen-bond donors (Lipinski definition) is 1. The van der Waals surface area contributed by atoms with Gasteiger partial charge in [-0.25, -0.2) is 9.78 Å². The predicted molar refractivity (Wildman–Crippen MR) is 115 cm³/mol. The molecule has 0 atom stereocenters. The van der Waals surface area contributed by atoms with Crippen LogP contribution in [0.25, 0.3) is 32.9 Å². The molecule has 0 saturated carbocycles. The normalized spacial score (nSPS) is 10.0. The molecule has 0 bridgehead atoms. The summed E-state index contributed by atoms with van der Waals surface area (Å²) in [5.74, 6) is -0.995. The van der Waals surface area contributed by atoms with Crippen molar-refractivity contribution >= 4 is 27.6 Å². The number of benzene rings is 3. The molecular formula is C25H17IrN2O2-. The van der Waals surface area contributed by atoms with Gasteiger partial charge in [-0.15, -0.1) is 35.9 Å². The fourth-order valence-electron chi connectivity index (χ4n) is 3.06. The molecule has 1 N–H and O–H groups in total. The standard InChI is InChI=1S/C15H10N.C10H7NO2.Ir/c1-2-7-13(8-3-1)15-14-9-5-4-6-12(14)10-11-16-15;12-10(13)9-6-5-7-3-1-2-4-8(7)11-9;/h1-7,9-11H;1-6H,(H,12,13);/q-1;;. The summed E-state index contributed by atoms with van der Waals surface area (Å²) in [7, 11) is 0. The quantitative estimate of drug-likeness (QED) is 0.280. The Morgan fingerprint density at radius 2 is 1.53 bits per heavy atom. The molecule has 0 aliphatic heterocycles. The molecule has 2 heterocycles. The summed E-state index contributed by atoms with van der Waals surface area (Å²) < 4.78 is 0. The number of carbonyl (C=O) groups is 1. The Bertz CT molecular complexity index is 1280. The van der Waals surface area contributed by atoms with Crippen LogP contribution >= 0.6 is 0 Å². The molecule has 5 aromatic rings. The fraction of sp³-hybridized carbons (Fsp3) is 0. The first kappa shape index (κ1) is 21.3. The Hall–Kier alpha value is -3.40. The number of para-hydroxylation sites is 1. The minimum Gasteiger partial charge on any atom is -0.477 e. The second-order valence-corrected chi connectivity index (χ2v) is 6.35. The van der Waals surface area contributed by atoms with Crippen molar-refractivity contribution in [2.24, 2.45) is 0 Å². The van der Waals surface area contributed by atoms with Gasteiger partial charge in [-0.1, -0.05) is 48.5 Å². The number of carboxylic acids is 1. The monoisotopic (exact) mass is 570 g/mol. The number of aromatic carboxylic acids is 1. The molecule has 2 aromatic heterocycles.